The maximum atomic E-state index is 12.1. The van der Waals surface area contributed by atoms with Crippen LogP contribution in [0.5, 0.6) is 0 Å². The zero-order valence-electron chi connectivity index (χ0n) is 15.7. The number of rotatable bonds is 0. The van der Waals surface area contributed by atoms with E-state index in [2.05, 4.69) is 48.5 Å². The Morgan fingerprint density at radius 3 is 1.55 bits per heavy atom. The minimum Gasteiger partial charge on any atom is -0.289 e. The minimum atomic E-state index is 0.139. The second kappa shape index (κ2) is 7.86. The molecule has 3 heteroatoms. The maximum absolute atomic E-state index is 12.1. The van der Waals surface area contributed by atoms with E-state index >= 15 is 0 Å². The van der Waals surface area contributed by atoms with E-state index in [-0.39, 0.29) is 5.43 Å². The lowest BCUT2D eigenvalue weighted by Crippen LogP contribution is -1.99. The molecule has 0 unspecified atom stereocenters. The molecule has 4 aromatic carbocycles. The van der Waals surface area contributed by atoms with Gasteiger partial charge in [-0.05, 0) is 53.9 Å². The van der Waals surface area contributed by atoms with Crippen molar-refractivity contribution in [1.82, 2.24) is 0 Å². The summed E-state index contributed by atoms with van der Waals surface area (Å²) in [6.07, 6.45) is 1.08. The molecule has 1 aromatic heterocycles. The predicted molar refractivity (Wildman–Crippen MR) is 125 cm³/mol. The van der Waals surface area contributed by atoms with Crippen LogP contribution in [-0.4, -0.2) is 0 Å². The molecule has 0 saturated heterocycles. The fourth-order valence-corrected chi connectivity index (χ4v) is 5.72. The molecule has 29 heavy (non-hydrogen) atoms. The molecule has 0 N–H and O–H groups in total. The third-order valence-corrected chi connectivity index (χ3v) is 7.42. The highest BCUT2D eigenvalue weighted by atomic mass is 32.2. The molecule has 0 aliphatic carbocycles. The first-order valence-electron chi connectivity index (χ1n) is 9.54. The van der Waals surface area contributed by atoms with Crippen LogP contribution in [0.4, 0.5) is 0 Å². The van der Waals surface area contributed by atoms with Crippen molar-refractivity contribution in [2.45, 2.75) is 16.2 Å². The molecular formula is C26H18OS2. The largest absolute Gasteiger partial charge is 0.289 e. The second-order valence-corrected chi connectivity index (χ2v) is 9.09. The average Bonchev–Trinajstić information content (AvgIpc) is 2.78. The van der Waals surface area contributed by atoms with Crippen LogP contribution in [0.3, 0.4) is 0 Å². The molecule has 0 spiro atoms. The first-order valence-corrected chi connectivity index (χ1v) is 11.2. The quantitative estimate of drug-likeness (QED) is 0.247. The molecule has 5 aromatic rings. The van der Waals surface area contributed by atoms with Gasteiger partial charge in [-0.25, -0.2) is 0 Å². The van der Waals surface area contributed by atoms with Crippen LogP contribution in [0.1, 0.15) is 11.1 Å². The summed E-state index contributed by atoms with van der Waals surface area (Å²) in [5, 5.41) is 1.64. The molecule has 0 saturated carbocycles. The van der Waals surface area contributed by atoms with Crippen molar-refractivity contribution in [1.29, 1.82) is 0 Å². The van der Waals surface area contributed by atoms with Gasteiger partial charge >= 0.3 is 0 Å². The van der Waals surface area contributed by atoms with E-state index in [4.69, 9.17) is 0 Å². The molecule has 140 valence electrons. The second-order valence-electron chi connectivity index (χ2n) is 6.92. The fraction of sp³-hybridized carbons (Fsp3) is 0.0385. The number of hydrogen-bond acceptors (Lipinski definition) is 3. The summed E-state index contributed by atoms with van der Waals surface area (Å²) in [5.41, 5.74) is 3.05. The maximum Gasteiger partial charge on any atom is 0.195 e. The minimum absolute atomic E-state index is 0.139. The summed E-state index contributed by atoms with van der Waals surface area (Å²) in [6.45, 7) is 0. The Balaban J connectivity index is 0.000000125. The van der Waals surface area contributed by atoms with Gasteiger partial charge in [-0.1, -0.05) is 72.4 Å². The smallest absolute Gasteiger partial charge is 0.195 e. The molecule has 2 heterocycles. The summed E-state index contributed by atoms with van der Waals surface area (Å²) in [5.74, 6) is 0. The van der Waals surface area contributed by atoms with Gasteiger partial charge in [-0.2, -0.15) is 0 Å². The van der Waals surface area contributed by atoms with Crippen LogP contribution in [0.25, 0.3) is 20.2 Å². The zero-order valence-corrected chi connectivity index (χ0v) is 17.3. The third-order valence-electron chi connectivity index (χ3n) is 5.03. The highest BCUT2D eigenvalue weighted by Crippen LogP contribution is 2.38. The van der Waals surface area contributed by atoms with Crippen molar-refractivity contribution in [3.8, 4) is 0 Å². The summed E-state index contributed by atoms with van der Waals surface area (Å²) < 4.78 is 2.11. The van der Waals surface area contributed by atoms with Crippen molar-refractivity contribution in [3.63, 3.8) is 0 Å². The molecule has 0 radical (unpaired) electrons. The standard InChI is InChI=1S/C13H8OS.C13H10S/c14-13-9-5-1-3-7-11(9)15-12-8-4-2-6-10(12)13;1-3-7-12-10(5-1)9-11-6-2-4-8-13(11)14-12/h1-8H;1-8H,9H2. The average molecular weight is 411 g/mol. The van der Waals surface area contributed by atoms with Gasteiger partial charge in [0, 0.05) is 30.0 Å². The number of benzene rings is 4. The van der Waals surface area contributed by atoms with Gasteiger partial charge < -0.3 is 0 Å². The van der Waals surface area contributed by atoms with E-state index in [0.717, 1.165) is 26.6 Å². The van der Waals surface area contributed by atoms with Crippen LogP contribution in [0, 0.1) is 0 Å². The van der Waals surface area contributed by atoms with Gasteiger partial charge in [0.05, 0.1) is 0 Å². The Hall–Kier alpha value is -2.88. The van der Waals surface area contributed by atoms with Gasteiger partial charge in [0.2, 0.25) is 0 Å². The molecule has 0 bridgehead atoms. The highest BCUT2D eigenvalue weighted by molar-refractivity contribution is 7.99. The van der Waals surface area contributed by atoms with Crippen molar-refractivity contribution in [2.24, 2.45) is 0 Å². The molecule has 0 fully saturated rings. The number of fused-ring (bicyclic) bond motifs is 4. The van der Waals surface area contributed by atoms with Crippen LogP contribution >= 0.6 is 23.1 Å². The molecule has 1 aliphatic rings. The van der Waals surface area contributed by atoms with Gasteiger partial charge in [0.25, 0.3) is 0 Å². The molecule has 0 atom stereocenters. The lowest BCUT2D eigenvalue weighted by Gasteiger charge is -2.17. The molecule has 1 nitrogen and oxygen atoms in total. The Kier molecular flexibility index (Phi) is 4.92. The molecular weight excluding hydrogens is 392 g/mol. The predicted octanol–water partition coefficient (Wildman–Crippen LogP) is 7.16. The van der Waals surface area contributed by atoms with Crippen LogP contribution < -0.4 is 5.43 Å². The van der Waals surface area contributed by atoms with Gasteiger partial charge in [0.1, 0.15) is 0 Å². The summed E-state index contributed by atoms with van der Waals surface area (Å²) >= 11 is 3.55. The van der Waals surface area contributed by atoms with Crippen LogP contribution in [0.15, 0.2) is 112 Å². The Bertz CT molecular complexity index is 1240. The van der Waals surface area contributed by atoms with Crippen LogP contribution in [0.2, 0.25) is 0 Å². The van der Waals surface area contributed by atoms with Gasteiger partial charge in [-0.3, -0.25) is 4.79 Å². The Labute approximate surface area is 177 Å². The fourth-order valence-electron chi connectivity index (χ4n) is 3.57. The van der Waals surface area contributed by atoms with Gasteiger partial charge in [-0.15, -0.1) is 11.3 Å². The summed E-state index contributed by atoms with van der Waals surface area (Å²) in [7, 11) is 0. The van der Waals surface area contributed by atoms with E-state index in [1.807, 2.05) is 60.3 Å². The lowest BCUT2D eigenvalue weighted by molar-refractivity contribution is 1.06. The van der Waals surface area contributed by atoms with Crippen molar-refractivity contribution in [2.75, 3.05) is 0 Å². The first kappa shape index (κ1) is 18.2. The topological polar surface area (TPSA) is 17.1 Å². The van der Waals surface area contributed by atoms with E-state index in [1.54, 1.807) is 11.3 Å². The summed E-state index contributed by atoms with van der Waals surface area (Å²) in [6, 6.07) is 32.8. The highest BCUT2D eigenvalue weighted by Gasteiger charge is 2.13. The summed E-state index contributed by atoms with van der Waals surface area (Å²) in [4.78, 5) is 14.9. The molecule has 1 aliphatic heterocycles. The van der Waals surface area contributed by atoms with E-state index in [1.165, 1.54) is 20.9 Å². The zero-order chi connectivity index (χ0) is 19.6. The van der Waals surface area contributed by atoms with Gasteiger partial charge in [0.15, 0.2) is 5.43 Å². The SMILES string of the molecule is O=c1c2ccccc2sc2ccccc12.c1ccc2c(c1)Cc1ccccc1S2. The van der Waals surface area contributed by atoms with E-state index in [9.17, 15) is 4.79 Å². The molecule has 6 rings (SSSR count). The van der Waals surface area contributed by atoms with E-state index in [0.29, 0.717) is 0 Å². The van der Waals surface area contributed by atoms with Crippen molar-refractivity contribution < 1.29 is 0 Å². The number of hydrogen-bond donors (Lipinski definition) is 0. The lowest BCUT2D eigenvalue weighted by atomic mass is 10.0. The Morgan fingerprint density at radius 1 is 0.552 bits per heavy atom. The normalized spacial score (nSPS) is 12.0. The molecule has 0 amide bonds. The Morgan fingerprint density at radius 2 is 1.00 bits per heavy atom. The van der Waals surface area contributed by atoms with Crippen molar-refractivity contribution >= 4 is 43.3 Å². The first-order chi connectivity index (χ1) is 14.3. The third kappa shape index (κ3) is 3.59. The van der Waals surface area contributed by atoms with Crippen molar-refractivity contribution in [3.05, 3.63) is 118 Å². The van der Waals surface area contributed by atoms with E-state index < -0.39 is 0 Å². The monoisotopic (exact) mass is 410 g/mol. The van der Waals surface area contributed by atoms with Crippen LogP contribution in [-0.2, 0) is 6.42 Å².